The first-order valence-corrected chi connectivity index (χ1v) is 9.22. The van der Waals surface area contributed by atoms with E-state index in [-0.39, 0.29) is 11.3 Å². The number of amides is 1. The topological polar surface area (TPSA) is 73.6 Å². The van der Waals surface area contributed by atoms with Gasteiger partial charge in [-0.15, -0.1) is 0 Å². The number of hydrogen-bond acceptors (Lipinski definition) is 5. The second kappa shape index (κ2) is 7.92. The zero-order valence-electron chi connectivity index (χ0n) is 17.0. The van der Waals surface area contributed by atoms with Gasteiger partial charge in [0.15, 0.2) is 5.58 Å². The summed E-state index contributed by atoms with van der Waals surface area (Å²) in [7, 11) is 3.23. The molecule has 28 heavy (non-hydrogen) atoms. The third-order valence-corrected chi connectivity index (χ3v) is 4.42. The molecule has 0 fully saturated rings. The number of carbonyl (C=O) groups is 1. The molecule has 0 aliphatic carbocycles. The Balaban J connectivity index is 1.68. The quantitative estimate of drug-likeness (QED) is 0.668. The van der Waals surface area contributed by atoms with Crippen molar-refractivity contribution in [1.82, 2.24) is 4.98 Å². The van der Waals surface area contributed by atoms with Gasteiger partial charge in [-0.3, -0.25) is 4.79 Å². The minimum Gasteiger partial charge on any atom is -0.497 e. The van der Waals surface area contributed by atoms with Crippen LogP contribution in [0.3, 0.4) is 0 Å². The molecule has 1 aromatic heterocycles. The maximum Gasteiger partial charge on any atom is 0.224 e. The van der Waals surface area contributed by atoms with Crippen molar-refractivity contribution in [3.8, 4) is 11.5 Å². The van der Waals surface area contributed by atoms with E-state index in [1.807, 2.05) is 57.2 Å². The summed E-state index contributed by atoms with van der Waals surface area (Å²) in [5.41, 5.74) is 2.90. The molecule has 0 spiro atoms. The van der Waals surface area contributed by atoms with Gasteiger partial charge in [-0.05, 0) is 48.4 Å². The number of hydrogen-bond donors (Lipinski definition) is 1. The minimum atomic E-state index is -0.168. The first-order valence-electron chi connectivity index (χ1n) is 9.22. The number of benzene rings is 2. The van der Waals surface area contributed by atoms with Gasteiger partial charge in [-0.2, -0.15) is 0 Å². The fraction of sp³-hybridized carbons (Fsp3) is 0.364. The van der Waals surface area contributed by atoms with Crippen molar-refractivity contribution in [1.29, 1.82) is 0 Å². The Labute approximate surface area is 164 Å². The Morgan fingerprint density at radius 3 is 2.57 bits per heavy atom. The smallest absolute Gasteiger partial charge is 0.224 e. The number of carbonyl (C=O) groups excluding carboxylic acids is 1. The summed E-state index contributed by atoms with van der Waals surface area (Å²) in [4.78, 5) is 17.0. The first-order chi connectivity index (χ1) is 13.3. The van der Waals surface area contributed by atoms with Crippen LogP contribution in [0.5, 0.6) is 11.5 Å². The molecule has 0 aliphatic rings. The Morgan fingerprint density at radius 1 is 1.11 bits per heavy atom. The minimum absolute atomic E-state index is 0.0798. The lowest BCUT2D eigenvalue weighted by Crippen LogP contribution is -2.12. The molecule has 148 valence electrons. The maximum atomic E-state index is 12.4. The normalized spacial score (nSPS) is 11.5. The number of nitrogens with zero attached hydrogens (tertiary/aromatic N) is 1. The summed E-state index contributed by atoms with van der Waals surface area (Å²) in [6, 6.07) is 11.1. The average Bonchev–Trinajstić information content (AvgIpc) is 3.10. The summed E-state index contributed by atoms with van der Waals surface area (Å²) >= 11 is 0. The van der Waals surface area contributed by atoms with E-state index in [4.69, 9.17) is 13.9 Å². The molecule has 6 nitrogen and oxygen atoms in total. The van der Waals surface area contributed by atoms with Crippen molar-refractivity contribution in [2.75, 3.05) is 19.5 Å². The SMILES string of the molecule is COc1ccc(OC)c(CCC(=O)Nc2ccc3oc(C(C)(C)C)nc3c2)c1. The van der Waals surface area contributed by atoms with Crippen molar-refractivity contribution in [2.24, 2.45) is 0 Å². The van der Waals surface area contributed by atoms with Crippen LogP contribution in [-0.2, 0) is 16.6 Å². The zero-order chi connectivity index (χ0) is 20.3. The van der Waals surface area contributed by atoms with Crippen LogP contribution in [0.1, 0.15) is 38.6 Å². The van der Waals surface area contributed by atoms with Crippen molar-refractivity contribution in [3.63, 3.8) is 0 Å². The predicted molar refractivity (Wildman–Crippen MR) is 109 cm³/mol. The van der Waals surface area contributed by atoms with Crippen LogP contribution < -0.4 is 14.8 Å². The molecule has 0 unspecified atom stereocenters. The van der Waals surface area contributed by atoms with Crippen molar-refractivity contribution in [2.45, 2.75) is 39.0 Å². The van der Waals surface area contributed by atoms with E-state index in [1.54, 1.807) is 14.2 Å². The van der Waals surface area contributed by atoms with E-state index in [2.05, 4.69) is 10.3 Å². The molecular formula is C22H26N2O4. The van der Waals surface area contributed by atoms with Gasteiger partial charge >= 0.3 is 0 Å². The summed E-state index contributed by atoms with van der Waals surface area (Å²) in [5, 5.41) is 2.93. The Kier molecular flexibility index (Phi) is 5.58. The van der Waals surface area contributed by atoms with E-state index in [9.17, 15) is 4.79 Å². The van der Waals surface area contributed by atoms with Gasteiger partial charge in [-0.25, -0.2) is 4.98 Å². The van der Waals surface area contributed by atoms with Crippen LogP contribution in [-0.4, -0.2) is 25.1 Å². The highest BCUT2D eigenvalue weighted by Crippen LogP contribution is 2.28. The largest absolute Gasteiger partial charge is 0.497 e. The highest BCUT2D eigenvalue weighted by Gasteiger charge is 2.21. The Morgan fingerprint density at radius 2 is 1.89 bits per heavy atom. The monoisotopic (exact) mass is 382 g/mol. The van der Waals surface area contributed by atoms with Crippen molar-refractivity contribution >= 4 is 22.7 Å². The van der Waals surface area contributed by atoms with Crippen LogP contribution in [0.15, 0.2) is 40.8 Å². The lowest BCUT2D eigenvalue weighted by molar-refractivity contribution is -0.116. The van der Waals surface area contributed by atoms with E-state index in [0.717, 1.165) is 22.6 Å². The molecular weight excluding hydrogens is 356 g/mol. The summed E-state index contributed by atoms with van der Waals surface area (Å²) < 4.78 is 16.4. The fourth-order valence-electron chi connectivity index (χ4n) is 2.87. The van der Waals surface area contributed by atoms with Crippen LogP contribution in [0.2, 0.25) is 0 Å². The van der Waals surface area contributed by atoms with Crippen molar-refractivity contribution < 1.29 is 18.7 Å². The summed E-state index contributed by atoms with van der Waals surface area (Å²) in [5.74, 6) is 2.08. The molecule has 3 aromatic rings. The van der Waals surface area contributed by atoms with Crippen LogP contribution in [0, 0.1) is 0 Å². The number of anilines is 1. The van der Waals surface area contributed by atoms with Gasteiger partial charge in [0.25, 0.3) is 0 Å². The van der Waals surface area contributed by atoms with E-state index in [1.165, 1.54) is 0 Å². The highest BCUT2D eigenvalue weighted by molar-refractivity contribution is 5.93. The van der Waals surface area contributed by atoms with Gasteiger partial charge in [0.1, 0.15) is 17.0 Å². The molecule has 1 N–H and O–H groups in total. The van der Waals surface area contributed by atoms with Gasteiger partial charge < -0.3 is 19.2 Å². The molecule has 3 rings (SSSR count). The van der Waals surface area contributed by atoms with E-state index in [0.29, 0.717) is 30.0 Å². The summed E-state index contributed by atoms with van der Waals surface area (Å²) in [6.45, 7) is 6.15. The van der Waals surface area contributed by atoms with Gasteiger partial charge in [0.2, 0.25) is 11.8 Å². The average molecular weight is 382 g/mol. The predicted octanol–water partition coefficient (Wildman–Crippen LogP) is 4.71. The molecule has 0 bridgehead atoms. The molecule has 0 aliphatic heterocycles. The van der Waals surface area contributed by atoms with Gasteiger partial charge in [0, 0.05) is 17.5 Å². The van der Waals surface area contributed by atoms with E-state index >= 15 is 0 Å². The van der Waals surface area contributed by atoms with Crippen LogP contribution in [0.4, 0.5) is 5.69 Å². The third-order valence-electron chi connectivity index (χ3n) is 4.42. The van der Waals surface area contributed by atoms with Gasteiger partial charge in [-0.1, -0.05) is 20.8 Å². The molecule has 1 heterocycles. The van der Waals surface area contributed by atoms with E-state index < -0.39 is 0 Å². The zero-order valence-corrected chi connectivity index (χ0v) is 17.0. The number of ether oxygens (including phenoxy) is 2. The summed E-state index contributed by atoms with van der Waals surface area (Å²) in [6.07, 6.45) is 0.875. The molecule has 2 aromatic carbocycles. The molecule has 0 atom stereocenters. The molecule has 0 saturated carbocycles. The lowest BCUT2D eigenvalue weighted by atomic mass is 9.97. The molecule has 0 radical (unpaired) electrons. The molecule has 0 saturated heterocycles. The number of oxazole rings is 1. The third kappa shape index (κ3) is 4.44. The van der Waals surface area contributed by atoms with Crippen LogP contribution in [0.25, 0.3) is 11.1 Å². The number of rotatable bonds is 6. The number of nitrogens with one attached hydrogen (secondary N) is 1. The maximum absolute atomic E-state index is 12.4. The lowest BCUT2D eigenvalue weighted by Gasteiger charge is -2.11. The number of fused-ring (bicyclic) bond motifs is 1. The van der Waals surface area contributed by atoms with Crippen molar-refractivity contribution in [3.05, 3.63) is 47.9 Å². The fourth-order valence-corrected chi connectivity index (χ4v) is 2.87. The number of methoxy groups -OCH3 is 2. The molecule has 6 heteroatoms. The first kappa shape index (κ1) is 19.7. The molecule has 1 amide bonds. The highest BCUT2D eigenvalue weighted by atomic mass is 16.5. The van der Waals surface area contributed by atoms with Crippen LogP contribution >= 0.6 is 0 Å². The second-order valence-electron chi connectivity index (χ2n) is 7.68. The number of aromatic nitrogens is 1. The Hall–Kier alpha value is -3.02. The Bertz CT molecular complexity index is 986. The standard InChI is InChI=1S/C22H26N2O4/c1-22(2,3)21-24-17-13-15(7-9-19(17)28-21)23-20(25)11-6-14-12-16(26-4)8-10-18(14)27-5/h7-10,12-13H,6,11H2,1-5H3,(H,23,25). The van der Waals surface area contributed by atoms with Gasteiger partial charge in [0.05, 0.1) is 14.2 Å². The second-order valence-corrected chi connectivity index (χ2v) is 7.68. The number of aryl methyl sites for hydroxylation is 1.